The molecule has 0 aromatic heterocycles. The molecular formula is C74H109F3N12O12. The molecule has 3 aliphatic heterocycles. The summed E-state index contributed by atoms with van der Waals surface area (Å²) in [5.41, 5.74) is 13.7. The van der Waals surface area contributed by atoms with Crippen molar-refractivity contribution in [3.05, 3.63) is 71.8 Å². The maximum absolute atomic E-state index is 15.4. The van der Waals surface area contributed by atoms with Crippen LogP contribution in [0, 0.1) is 23.7 Å². The highest BCUT2D eigenvalue weighted by atomic mass is 19.4. The normalized spacial score (nSPS) is 27.9. The number of nitrogens with two attached hydrogens (primary N) is 2. The second-order valence-electron chi connectivity index (χ2n) is 29.0. The Morgan fingerprint density at radius 1 is 0.396 bits per heavy atom. The molecular weight excluding hydrogens is 1310 g/mol. The van der Waals surface area contributed by atoms with E-state index >= 15 is 47.9 Å². The average molecular weight is 1420 g/mol. The summed E-state index contributed by atoms with van der Waals surface area (Å²) in [5.74, 6) is -8.85. The van der Waals surface area contributed by atoms with Gasteiger partial charge in [0.25, 0.3) is 0 Å². The molecule has 24 nitrogen and oxygen atoms in total. The van der Waals surface area contributed by atoms with Gasteiger partial charge in [-0.25, -0.2) is 4.79 Å². The standard InChI is InChI=1S/C72H108N12O10.C2HF3O2/c73-39-19-35-53-63(85)77-55(43-47-23-7-1-8-24-47)65(87)79-57(45-49-27-11-3-12-28-49)71(93)83-41-21-37-59(83)67(89)82-62(52-33-17-6-18-34-52)70(92)76-54(36-20-40-74)64(86)78-56(44-48-25-9-2-10-26-48)66(88)80-58(46-50-29-13-4-14-30-50)72(94)84-42-22-38-60(84)68(90)81-61(69(91)75-53)51-31-15-5-16-32-51;3-2(4,5)1(6)7/h3-4,11-14,27-30,47-48,51-62H,1-2,5-10,15-26,31-46,73-74H2,(H,75,91)(H,76,92)(H,77,85)(H,78,86)(H,79,87)(H,80,88)(H,81,90)(H,82,89);(H,6,7)/t53-,54-,55-,56-,57+,58+,59-,60-,61-,62-;/m0./s1. The molecule has 558 valence electrons. The zero-order valence-corrected chi connectivity index (χ0v) is 58.4. The van der Waals surface area contributed by atoms with Gasteiger partial charge in [0.1, 0.15) is 60.4 Å². The van der Waals surface area contributed by atoms with Crippen molar-refractivity contribution in [2.75, 3.05) is 26.2 Å². The number of benzene rings is 2. The van der Waals surface area contributed by atoms with E-state index in [0.717, 1.165) is 114 Å². The third-order valence-corrected chi connectivity index (χ3v) is 21.6. The van der Waals surface area contributed by atoms with Crippen LogP contribution >= 0.6 is 0 Å². The van der Waals surface area contributed by atoms with Crippen molar-refractivity contribution in [3.63, 3.8) is 0 Å². The first-order chi connectivity index (χ1) is 48.6. The van der Waals surface area contributed by atoms with Crippen LogP contribution in [0.25, 0.3) is 0 Å². The predicted molar refractivity (Wildman–Crippen MR) is 371 cm³/mol. The molecule has 2 aromatic carbocycles. The van der Waals surface area contributed by atoms with Crippen LogP contribution in [0.3, 0.4) is 0 Å². The monoisotopic (exact) mass is 1410 g/mol. The maximum Gasteiger partial charge on any atom is 0.490 e. The van der Waals surface area contributed by atoms with Gasteiger partial charge in [-0.15, -0.1) is 0 Å². The molecule has 2 aromatic rings. The lowest BCUT2D eigenvalue weighted by atomic mass is 9.83. The van der Waals surface area contributed by atoms with Crippen LogP contribution in [0.1, 0.15) is 204 Å². The van der Waals surface area contributed by atoms with Crippen molar-refractivity contribution in [2.24, 2.45) is 35.1 Å². The number of carbonyl (C=O) groups is 11. The predicted octanol–water partition coefficient (Wildman–Crippen LogP) is 5.56. The summed E-state index contributed by atoms with van der Waals surface area (Å²) in [6.45, 7) is 0.791. The zero-order valence-electron chi connectivity index (χ0n) is 58.4. The fourth-order valence-electron chi connectivity index (χ4n) is 16.1. The molecule has 0 bridgehead atoms. The molecule has 7 fully saturated rings. The second kappa shape index (κ2) is 39.7. The van der Waals surface area contributed by atoms with Crippen LogP contribution in [0.4, 0.5) is 13.2 Å². The van der Waals surface area contributed by atoms with E-state index in [2.05, 4.69) is 42.5 Å². The lowest BCUT2D eigenvalue weighted by Crippen LogP contribution is -2.62. The number of carboxylic acid groups (broad SMARTS) is 1. The zero-order chi connectivity index (χ0) is 72.4. The van der Waals surface area contributed by atoms with Crippen molar-refractivity contribution in [1.82, 2.24) is 52.3 Å². The van der Waals surface area contributed by atoms with Crippen LogP contribution in [-0.2, 0) is 65.6 Å². The van der Waals surface area contributed by atoms with E-state index in [1.807, 2.05) is 60.7 Å². The molecule has 4 saturated carbocycles. The number of halogens is 3. The number of hydrogen-bond donors (Lipinski definition) is 11. The van der Waals surface area contributed by atoms with Crippen molar-refractivity contribution in [2.45, 2.75) is 272 Å². The first kappa shape index (κ1) is 79.0. The Morgan fingerprint density at radius 3 is 1.03 bits per heavy atom. The highest BCUT2D eigenvalue weighted by molar-refractivity contribution is 6.00. The molecule has 27 heteroatoms. The number of carbonyl (C=O) groups excluding carboxylic acids is 10. The molecule has 10 amide bonds. The number of carboxylic acids is 1. The smallest absolute Gasteiger partial charge is 0.475 e. The SMILES string of the molecule is NCCC[C@@H]1NC(=O)[C@H](C2CCCCC2)NC(=O)[C@@H]2CCCN2C(=O)[C@@H](Cc2ccccc2)NC(=O)[C@H](CC2CCCCC2)NC(=O)[C@H](CCCN)NC(=O)[C@H](C2CCCCC2)NC(=O)[C@@H]2CCCN2C(=O)[C@@H](Cc2ccccc2)NC(=O)[C@H](CC2CCCCC2)NC1=O.O=C(O)C(F)(F)F. The lowest BCUT2D eigenvalue weighted by molar-refractivity contribution is -0.192. The van der Waals surface area contributed by atoms with Gasteiger partial charge in [0.15, 0.2) is 0 Å². The van der Waals surface area contributed by atoms with E-state index in [1.54, 1.807) is 0 Å². The third-order valence-electron chi connectivity index (χ3n) is 21.6. The molecule has 3 saturated heterocycles. The molecule has 0 unspecified atom stereocenters. The average Bonchev–Trinajstić information content (AvgIpc) is 1.77. The first-order valence-corrected chi connectivity index (χ1v) is 37.4. The number of rotatable bonds is 16. The number of alkyl halides is 3. The van der Waals surface area contributed by atoms with Crippen molar-refractivity contribution in [3.8, 4) is 0 Å². The number of nitrogens with one attached hydrogen (secondary N) is 8. The molecule has 13 N–H and O–H groups in total. The fraction of sp³-hybridized carbons (Fsp3) is 0.689. The Balaban J connectivity index is 0.00000176. The van der Waals surface area contributed by atoms with E-state index in [9.17, 15) is 13.2 Å². The minimum Gasteiger partial charge on any atom is -0.475 e. The number of nitrogens with zero attached hydrogens (tertiary/aromatic N) is 2. The highest BCUT2D eigenvalue weighted by Crippen LogP contribution is 2.33. The van der Waals surface area contributed by atoms with Crippen LogP contribution in [0.15, 0.2) is 60.7 Å². The summed E-state index contributed by atoms with van der Waals surface area (Å²) in [5, 5.41) is 31.5. The van der Waals surface area contributed by atoms with Gasteiger partial charge < -0.3 is 68.9 Å². The van der Waals surface area contributed by atoms with Gasteiger partial charge in [0, 0.05) is 25.9 Å². The van der Waals surface area contributed by atoms with Crippen LogP contribution < -0.4 is 54.0 Å². The van der Waals surface area contributed by atoms with E-state index < -0.39 is 132 Å². The highest BCUT2D eigenvalue weighted by Gasteiger charge is 2.45. The van der Waals surface area contributed by atoms with Gasteiger partial charge in [-0.1, -0.05) is 163 Å². The largest absolute Gasteiger partial charge is 0.490 e. The van der Waals surface area contributed by atoms with Gasteiger partial charge in [0.2, 0.25) is 59.1 Å². The molecule has 3 heterocycles. The van der Waals surface area contributed by atoms with Crippen LogP contribution in [0.2, 0.25) is 0 Å². The quantitative estimate of drug-likeness (QED) is 0.0981. The third kappa shape index (κ3) is 23.7. The van der Waals surface area contributed by atoms with Gasteiger partial charge in [-0.05, 0) is 138 Å². The summed E-state index contributed by atoms with van der Waals surface area (Å²) in [6.07, 6.45) is 14.9. The van der Waals surface area contributed by atoms with Crippen LogP contribution in [0.5, 0.6) is 0 Å². The van der Waals surface area contributed by atoms with E-state index in [-0.39, 0.29) is 101 Å². The molecule has 10 atom stereocenters. The molecule has 0 radical (unpaired) electrons. The molecule has 4 aliphatic carbocycles. The summed E-state index contributed by atoms with van der Waals surface area (Å²) >= 11 is 0. The Hall–Kier alpha value is -7.68. The maximum atomic E-state index is 15.4. The Kier molecular flexibility index (Phi) is 31.0. The lowest BCUT2D eigenvalue weighted by Gasteiger charge is -2.35. The second-order valence-corrected chi connectivity index (χ2v) is 29.0. The summed E-state index contributed by atoms with van der Waals surface area (Å²) < 4.78 is 31.7. The summed E-state index contributed by atoms with van der Waals surface area (Å²) in [7, 11) is 0. The van der Waals surface area contributed by atoms with E-state index in [1.165, 1.54) is 9.80 Å². The Bertz CT molecular complexity index is 2880. The number of aliphatic carboxylic acids is 1. The van der Waals surface area contributed by atoms with Crippen molar-refractivity contribution < 1.29 is 71.0 Å². The Morgan fingerprint density at radius 2 is 0.703 bits per heavy atom. The van der Waals surface area contributed by atoms with Crippen molar-refractivity contribution in [1.29, 1.82) is 0 Å². The number of amides is 10. The molecule has 0 spiro atoms. The van der Waals surface area contributed by atoms with Gasteiger partial charge in [-0.3, -0.25) is 47.9 Å². The van der Waals surface area contributed by atoms with E-state index in [4.69, 9.17) is 21.4 Å². The summed E-state index contributed by atoms with van der Waals surface area (Å²) in [6, 6.07) is 7.27. The minimum atomic E-state index is -5.08. The summed E-state index contributed by atoms with van der Waals surface area (Å²) in [4.78, 5) is 163. The van der Waals surface area contributed by atoms with Gasteiger partial charge in [-0.2, -0.15) is 13.2 Å². The fourth-order valence-corrected chi connectivity index (χ4v) is 16.1. The number of fused-ring (bicyclic) bond motifs is 2. The molecule has 7 aliphatic rings. The van der Waals surface area contributed by atoms with Gasteiger partial charge in [0.05, 0.1) is 0 Å². The first-order valence-electron chi connectivity index (χ1n) is 37.4. The minimum absolute atomic E-state index is 0.0629. The topological polar surface area (TPSA) is 363 Å². The van der Waals surface area contributed by atoms with Crippen molar-refractivity contribution >= 4 is 65.0 Å². The molecule has 101 heavy (non-hydrogen) atoms. The molecule has 9 rings (SSSR count). The van der Waals surface area contributed by atoms with Gasteiger partial charge >= 0.3 is 12.1 Å². The van der Waals surface area contributed by atoms with Crippen LogP contribution in [-0.4, -0.2) is 173 Å². The Labute approximate surface area is 591 Å². The van der Waals surface area contributed by atoms with E-state index in [0.29, 0.717) is 51.4 Å². The number of hydrogen-bond acceptors (Lipinski definition) is 13.